The molecule has 0 saturated heterocycles. The van der Waals surface area contributed by atoms with E-state index in [2.05, 4.69) is 10.3 Å². The van der Waals surface area contributed by atoms with E-state index in [1.54, 1.807) is 12.1 Å². The van der Waals surface area contributed by atoms with Crippen molar-refractivity contribution < 1.29 is 18.0 Å². The molecule has 134 valence electrons. The Morgan fingerprint density at radius 1 is 1.36 bits per heavy atom. The minimum atomic E-state index is -4.45. The van der Waals surface area contributed by atoms with Gasteiger partial charge in [-0.3, -0.25) is 9.59 Å². The zero-order chi connectivity index (χ0) is 18.0. The van der Waals surface area contributed by atoms with Crippen LogP contribution < -0.4 is 10.9 Å². The maximum atomic E-state index is 12.7. The first-order chi connectivity index (χ1) is 11.8. The molecule has 3 rings (SSSR count). The maximum Gasteiger partial charge on any atom is 0.434 e. The van der Waals surface area contributed by atoms with Crippen LogP contribution in [0.3, 0.4) is 0 Å². The molecule has 1 N–H and O–H groups in total. The Labute approximate surface area is 141 Å². The number of nitrogens with zero attached hydrogens (tertiary/aromatic N) is 3. The molecular formula is C16H17F3N4O2. The van der Waals surface area contributed by atoms with Gasteiger partial charge in [-0.2, -0.15) is 13.2 Å². The number of halogens is 3. The second-order valence-corrected chi connectivity index (χ2v) is 6.07. The van der Waals surface area contributed by atoms with Gasteiger partial charge < -0.3 is 14.5 Å². The molecule has 0 bridgehead atoms. The number of aryl methyl sites for hydroxylation is 1. The lowest BCUT2D eigenvalue weighted by molar-refractivity contribution is -0.141. The van der Waals surface area contributed by atoms with Crippen molar-refractivity contribution in [2.75, 3.05) is 6.54 Å². The summed E-state index contributed by atoms with van der Waals surface area (Å²) in [5.74, 6) is 0.144. The third kappa shape index (κ3) is 4.09. The van der Waals surface area contributed by atoms with Crippen LogP contribution >= 0.6 is 0 Å². The topological polar surface area (TPSA) is 68.9 Å². The number of aromatic nitrogens is 3. The van der Waals surface area contributed by atoms with Crippen molar-refractivity contribution in [1.82, 2.24) is 19.4 Å². The number of nitrogens with one attached hydrogen (secondary N) is 1. The Morgan fingerprint density at radius 3 is 2.88 bits per heavy atom. The number of hydrogen-bond donors (Lipinski definition) is 1. The van der Waals surface area contributed by atoms with Gasteiger partial charge >= 0.3 is 6.18 Å². The average Bonchev–Trinajstić information content (AvgIpc) is 2.99. The van der Waals surface area contributed by atoms with Crippen molar-refractivity contribution in [2.24, 2.45) is 5.92 Å². The molecule has 6 nitrogen and oxygen atoms in total. The van der Waals surface area contributed by atoms with Gasteiger partial charge in [0.1, 0.15) is 12.4 Å². The van der Waals surface area contributed by atoms with Gasteiger partial charge in [0.2, 0.25) is 5.91 Å². The van der Waals surface area contributed by atoms with Crippen LogP contribution in [-0.2, 0) is 30.5 Å². The largest absolute Gasteiger partial charge is 0.434 e. The highest BCUT2D eigenvalue weighted by atomic mass is 19.4. The van der Waals surface area contributed by atoms with Gasteiger partial charge in [0, 0.05) is 38.0 Å². The summed E-state index contributed by atoms with van der Waals surface area (Å²) in [5, 5.41) is 2.74. The molecule has 1 amide bonds. The number of rotatable bonds is 4. The van der Waals surface area contributed by atoms with Crippen LogP contribution in [0, 0.1) is 5.92 Å². The number of fused-ring (bicyclic) bond motifs is 1. The van der Waals surface area contributed by atoms with Gasteiger partial charge in [0.15, 0.2) is 5.69 Å². The fraction of sp³-hybridized carbons (Fsp3) is 0.438. The lowest BCUT2D eigenvalue weighted by Crippen LogP contribution is -2.37. The molecule has 2 aromatic rings. The molecule has 2 aromatic heterocycles. The standard InChI is InChI=1S/C16H17F3N4O2/c17-16(18,19)12-9-23-8-11(4-5-13(23)21-12)7-20-14(24)10-22-6-2-1-3-15(22)25/h1-3,6,9,11H,4-5,7-8,10H2,(H,20,24)/t11-/m0/s1. The molecule has 25 heavy (non-hydrogen) atoms. The molecule has 1 aliphatic rings. The molecule has 0 fully saturated rings. The predicted octanol–water partition coefficient (Wildman–Crippen LogP) is 1.44. The van der Waals surface area contributed by atoms with E-state index in [1.807, 2.05) is 0 Å². The summed E-state index contributed by atoms with van der Waals surface area (Å²) in [6.07, 6.45) is -0.808. The molecule has 3 heterocycles. The van der Waals surface area contributed by atoms with E-state index in [1.165, 1.54) is 21.4 Å². The highest BCUT2D eigenvalue weighted by Gasteiger charge is 2.35. The fourth-order valence-electron chi connectivity index (χ4n) is 2.88. The molecule has 0 aromatic carbocycles. The molecule has 9 heteroatoms. The number of amides is 1. The Kier molecular flexibility index (Phi) is 4.65. The Bertz CT molecular complexity index is 825. The molecule has 1 atom stereocenters. The van der Waals surface area contributed by atoms with E-state index in [-0.39, 0.29) is 23.9 Å². The normalized spacial score (nSPS) is 17.2. The van der Waals surface area contributed by atoms with Gasteiger partial charge in [-0.25, -0.2) is 4.98 Å². The second-order valence-electron chi connectivity index (χ2n) is 6.07. The number of imidazole rings is 1. The van der Waals surface area contributed by atoms with Crippen LogP contribution in [0.1, 0.15) is 17.9 Å². The number of carbonyl (C=O) groups is 1. The highest BCUT2D eigenvalue weighted by Crippen LogP contribution is 2.30. The molecular weight excluding hydrogens is 337 g/mol. The maximum absolute atomic E-state index is 12.7. The Hall–Kier alpha value is -2.58. The number of alkyl halides is 3. The zero-order valence-corrected chi connectivity index (χ0v) is 13.3. The van der Waals surface area contributed by atoms with Crippen LogP contribution in [0.4, 0.5) is 13.2 Å². The van der Waals surface area contributed by atoms with E-state index >= 15 is 0 Å². The van der Waals surface area contributed by atoms with Crippen LogP contribution in [0.2, 0.25) is 0 Å². The molecule has 0 unspecified atom stereocenters. The monoisotopic (exact) mass is 354 g/mol. The SMILES string of the molecule is O=C(Cn1ccccc1=O)NC[C@@H]1CCc2nc(C(F)(F)F)cn2C1. The van der Waals surface area contributed by atoms with Gasteiger partial charge in [-0.05, 0) is 18.4 Å². The van der Waals surface area contributed by atoms with E-state index in [0.717, 1.165) is 6.20 Å². The first-order valence-electron chi connectivity index (χ1n) is 7.88. The van der Waals surface area contributed by atoms with Crippen molar-refractivity contribution in [3.05, 3.63) is 52.5 Å². The van der Waals surface area contributed by atoms with Crippen LogP contribution in [-0.4, -0.2) is 26.6 Å². The van der Waals surface area contributed by atoms with E-state index in [4.69, 9.17) is 0 Å². The second kappa shape index (κ2) is 6.73. The summed E-state index contributed by atoms with van der Waals surface area (Å²) in [5.41, 5.74) is -1.14. The Balaban J connectivity index is 1.55. The Morgan fingerprint density at radius 2 is 2.16 bits per heavy atom. The fourth-order valence-corrected chi connectivity index (χ4v) is 2.88. The summed E-state index contributed by atoms with van der Waals surface area (Å²) in [7, 11) is 0. The molecule has 0 radical (unpaired) electrons. The minimum Gasteiger partial charge on any atom is -0.354 e. The van der Waals surface area contributed by atoms with E-state index in [9.17, 15) is 22.8 Å². The zero-order valence-electron chi connectivity index (χ0n) is 13.3. The highest BCUT2D eigenvalue weighted by molar-refractivity contribution is 5.75. The van der Waals surface area contributed by atoms with Gasteiger partial charge in [-0.15, -0.1) is 0 Å². The van der Waals surface area contributed by atoms with Crippen LogP contribution in [0.15, 0.2) is 35.4 Å². The molecule has 0 spiro atoms. The van der Waals surface area contributed by atoms with Crippen LogP contribution in [0.25, 0.3) is 0 Å². The van der Waals surface area contributed by atoms with E-state index in [0.29, 0.717) is 31.8 Å². The lowest BCUT2D eigenvalue weighted by Gasteiger charge is -2.23. The summed E-state index contributed by atoms with van der Waals surface area (Å²) in [6, 6.07) is 4.62. The van der Waals surface area contributed by atoms with Gasteiger partial charge in [0.05, 0.1) is 0 Å². The smallest absolute Gasteiger partial charge is 0.354 e. The van der Waals surface area contributed by atoms with Gasteiger partial charge in [-0.1, -0.05) is 6.07 Å². The van der Waals surface area contributed by atoms with E-state index < -0.39 is 11.9 Å². The van der Waals surface area contributed by atoms with Crippen molar-refractivity contribution in [3.63, 3.8) is 0 Å². The molecule has 0 aliphatic carbocycles. The number of hydrogen-bond acceptors (Lipinski definition) is 3. The van der Waals surface area contributed by atoms with Crippen molar-refractivity contribution in [1.29, 1.82) is 0 Å². The van der Waals surface area contributed by atoms with Crippen molar-refractivity contribution in [2.45, 2.75) is 32.1 Å². The minimum absolute atomic E-state index is 0.0271. The number of carbonyl (C=O) groups excluding carboxylic acids is 1. The quantitative estimate of drug-likeness (QED) is 0.903. The lowest BCUT2D eigenvalue weighted by atomic mass is 9.99. The molecule has 0 saturated carbocycles. The first kappa shape index (κ1) is 17.2. The third-order valence-electron chi connectivity index (χ3n) is 4.18. The van der Waals surface area contributed by atoms with Crippen molar-refractivity contribution >= 4 is 5.91 Å². The van der Waals surface area contributed by atoms with Crippen LogP contribution in [0.5, 0.6) is 0 Å². The number of pyridine rings is 1. The summed E-state index contributed by atoms with van der Waals surface area (Å²) in [6.45, 7) is 0.643. The average molecular weight is 354 g/mol. The third-order valence-corrected chi connectivity index (χ3v) is 4.18. The van der Waals surface area contributed by atoms with Gasteiger partial charge in [0.25, 0.3) is 5.56 Å². The predicted molar refractivity (Wildman–Crippen MR) is 82.8 cm³/mol. The summed E-state index contributed by atoms with van der Waals surface area (Å²) >= 11 is 0. The summed E-state index contributed by atoms with van der Waals surface area (Å²) in [4.78, 5) is 27.1. The molecule has 1 aliphatic heterocycles. The van der Waals surface area contributed by atoms with Crippen molar-refractivity contribution in [3.8, 4) is 0 Å². The first-order valence-corrected chi connectivity index (χ1v) is 7.88. The summed E-state index contributed by atoms with van der Waals surface area (Å²) < 4.78 is 40.9.